The van der Waals surface area contributed by atoms with E-state index >= 15 is 0 Å². The van der Waals surface area contributed by atoms with Gasteiger partial charge in [0.05, 0.1) is 5.54 Å². The summed E-state index contributed by atoms with van der Waals surface area (Å²) in [6, 6.07) is 0. The first kappa shape index (κ1) is 15.4. The molecule has 1 atom stereocenters. The number of nitrogens with two attached hydrogens (primary N) is 1. The van der Waals surface area contributed by atoms with Crippen LogP contribution in [0.3, 0.4) is 0 Å². The molecule has 1 aliphatic carbocycles. The van der Waals surface area contributed by atoms with Gasteiger partial charge in [0.15, 0.2) is 5.82 Å². The summed E-state index contributed by atoms with van der Waals surface area (Å²) in [5.74, 6) is 1.96. The number of hydrogen-bond acceptors (Lipinski definition) is 5. The molecule has 1 heterocycles. The third-order valence-electron chi connectivity index (χ3n) is 5.02. The summed E-state index contributed by atoms with van der Waals surface area (Å²) >= 11 is 0. The molecule has 0 bridgehead atoms. The van der Waals surface area contributed by atoms with Crippen LogP contribution in [0.2, 0.25) is 0 Å². The van der Waals surface area contributed by atoms with Crippen LogP contribution in [-0.4, -0.2) is 17.3 Å². The van der Waals surface area contributed by atoms with Gasteiger partial charge >= 0.3 is 0 Å². The van der Waals surface area contributed by atoms with Crippen molar-refractivity contribution in [3.8, 4) is 0 Å². The van der Waals surface area contributed by atoms with E-state index in [9.17, 15) is 0 Å². The zero-order valence-electron chi connectivity index (χ0n) is 13.1. The fourth-order valence-electron chi connectivity index (χ4n) is 2.85. The lowest BCUT2D eigenvalue weighted by Crippen LogP contribution is -2.41. The Kier molecular flexibility index (Phi) is 4.49. The fraction of sp³-hybridized carbons (Fsp3) is 0.867. The van der Waals surface area contributed by atoms with E-state index in [0.717, 1.165) is 38.0 Å². The van der Waals surface area contributed by atoms with Crippen LogP contribution in [0.25, 0.3) is 0 Å². The van der Waals surface area contributed by atoms with E-state index in [0.29, 0.717) is 11.7 Å². The molecule has 0 spiro atoms. The molecule has 5 nitrogen and oxygen atoms in total. The highest BCUT2D eigenvalue weighted by Crippen LogP contribution is 2.38. The van der Waals surface area contributed by atoms with E-state index in [1.54, 1.807) is 7.11 Å². The van der Waals surface area contributed by atoms with Crippen molar-refractivity contribution in [2.75, 3.05) is 7.11 Å². The normalized spacial score (nSPS) is 30.1. The Morgan fingerprint density at radius 1 is 1.40 bits per heavy atom. The first-order valence-electron chi connectivity index (χ1n) is 7.66. The van der Waals surface area contributed by atoms with Gasteiger partial charge in [-0.15, -0.1) is 0 Å². The molecule has 0 aromatic carbocycles. The van der Waals surface area contributed by atoms with E-state index in [1.807, 2.05) is 13.8 Å². The smallest absolute Gasteiger partial charge is 0.258 e. The van der Waals surface area contributed by atoms with Crippen molar-refractivity contribution in [2.24, 2.45) is 11.7 Å². The maximum absolute atomic E-state index is 6.51. The monoisotopic (exact) mass is 281 g/mol. The van der Waals surface area contributed by atoms with Crippen molar-refractivity contribution < 1.29 is 9.26 Å². The van der Waals surface area contributed by atoms with Gasteiger partial charge in [0, 0.05) is 7.11 Å². The van der Waals surface area contributed by atoms with Crippen LogP contribution in [-0.2, 0) is 15.9 Å². The average molecular weight is 281 g/mol. The summed E-state index contributed by atoms with van der Waals surface area (Å²) in [5, 5.41) is 4.13. The van der Waals surface area contributed by atoms with Crippen LogP contribution in [0.5, 0.6) is 0 Å². The second-order valence-electron chi connectivity index (χ2n) is 6.22. The van der Waals surface area contributed by atoms with E-state index in [-0.39, 0.29) is 0 Å². The highest BCUT2D eigenvalue weighted by molar-refractivity contribution is 5.08. The van der Waals surface area contributed by atoms with Crippen molar-refractivity contribution >= 4 is 0 Å². The van der Waals surface area contributed by atoms with Crippen LogP contribution in [0.4, 0.5) is 0 Å². The Hall–Kier alpha value is -0.940. The van der Waals surface area contributed by atoms with Gasteiger partial charge in [-0.05, 0) is 44.9 Å². The Bertz CT molecular complexity index is 432. The van der Waals surface area contributed by atoms with Gasteiger partial charge in [-0.1, -0.05) is 25.4 Å². The van der Waals surface area contributed by atoms with Gasteiger partial charge in [0.1, 0.15) is 5.60 Å². The highest BCUT2D eigenvalue weighted by atomic mass is 16.5. The number of nitrogens with zero attached hydrogens (tertiary/aromatic N) is 2. The van der Waals surface area contributed by atoms with Gasteiger partial charge in [-0.25, -0.2) is 0 Å². The first-order valence-corrected chi connectivity index (χ1v) is 7.66. The van der Waals surface area contributed by atoms with E-state index < -0.39 is 11.1 Å². The molecule has 1 fully saturated rings. The van der Waals surface area contributed by atoms with Crippen LogP contribution < -0.4 is 5.73 Å². The number of methoxy groups -OCH3 is 1. The van der Waals surface area contributed by atoms with Crippen LogP contribution >= 0.6 is 0 Å². The van der Waals surface area contributed by atoms with Gasteiger partial charge in [0.25, 0.3) is 5.89 Å². The molecule has 1 saturated carbocycles. The summed E-state index contributed by atoms with van der Waals surface area (Å²) in [6.45, 7) is 6.24. The molecule has 20 heavy (non-hydrogen) atoms. The molecule has 0 radical (unpaired) electrons. The minimum Gasteiger partial charge on any atom is -0.369 e. The van der Waals surface area contributed by atoms with Gasteiger partial charge < -0.3 is 15.0 Å². The molecule has 1 aliphatic rings. The zero-order valence-corrected chi connectivity index (χ0v) is 13.1. The summed E-state index contributed by atoms with van der Waals surface area (Å²) in [5.41, 5.74) is 5.55. The molecule has 5 heteroatoms. The van der Waals surface area contributed by atoms with E-state index in [1.165, 1.54) is 6.42 Å². The van der Waals surface area contributed by atoms with Crippen LogP contribution in [0.1, 0.15) is 71.0 Å². The fourth-order valence-corrected chi connectivity index (χ4v) is 2.85. The quantitative estimate of drug-likeness (QED) is 0.897. The zero-order chi connectivity index (χ0) is 14.8. The molecule has 2 rings (SSSR count). The summed E-state index contributed by atoms with van der Waals surface area (Å²) in [7, 11) is 1.66. The lowest BCUT2D eigenvalue weighted by molar-refractivity contribution is -0.0272. The molecule has 1 unspecified atom stereocenters. The number of aromatic nitrogens is 2. The maximum atomic E-state index is 6.51. The highest BCUT2D eigenvalue weighted by Gasteiger charge is 2.39. The SMILES string of the molecule is CCC1CCC(N)(c2noc(C(C)(CC)OC)n2)CC1. The average Bonchev–Trinajstić information content (AvgIpc) is 2.98. The number of rotatable bonds is 5. The van der Waals surface area contributed by atoms with Crippen molar-refractivity contribution in [3.63, 3.8) is 0 Å². The second kappa shape index (κ2) is 5.82. The van der Waals surface area contributed by atoms with Crippen molar-refractivity contribution in [3.05, 3.63) is 11.7 Å². The standard InChI is InChI=1S/C15H27N3O2/c1-5-11-7-9-15(16,10-8-11)12-17-13(20-18-12)14(3,6-2)19-4/h11H,5-10,16H2,1-4H3. The molecule has 0 saturated heterocycles. The number of hydrogen-bond donors (Lipinski definition) is 1. The molecule has 1 aromatic heterocycles. The van der Waals surface area contributed by atoms with E-state index in [4.69, 9.17) is 15.0 Å². The summed E-state index contributed by atoms with van der Waals surface area (Å²) < 4.78 is 10.9. The molecule has 2 N–H and O–H groups in total. The molecular formula is C15H27N3O2. The minimum absolute atomic E-state index is 0.435. The van der Waals surface area contributed by atoms with Crippen molar-refractivity contribution in [2.45, 2.75) is 70.4 Å². The molecular weight excluding hydrogens is 254 g/mol. The topological polar surface area (TPSA) is 74.2 Å². The van der Waals surface area contributed by atoms with Gasteiger partial charge in [-0.2, -0.15) is 4.98 Å². The summed E-state index contributed by atoms with van der Waals surface area (Å²) in [6.07, 6.45) is 6.16. The second-order valence-corrected chi connectivity index (χ2v) is 6.22. The number of ether oxygens (including phenoxy) is 1. The Morgan fingerprint density at radius 3 is 2.55 bits per heavy atom. The predicted molar refractivity (Wildman–Crippen MR) is 77.1 cm³/mol. The van der Waals surface area contributed by atoms with Gasteiger partial charge in [-0.3, -0.25) is 0 Å². The van der Waals surface area contributed by atoms with Crippen LogP contribution in [0, 0.1) is 5.92 Å². The third-order valence-corrected chi connectivity index (χ3v) is 5.02. The van der Waals surface area contributed by atoms with Crippen molar-refractivity contribution in [1.29, 1.82) is 0 Å². The largest absolute Gasteiger partial charge is 0.369 e. The van der Waals surface area contributed by atoms with Crippen LogP contribution in [0.15, 0.2) is 4.52 Å². The molecule has 0 aliphatic heterocycles. The maximum Gasteiger partial charge on any atom is 0.258 e. The first-order chi connectivity index (χ1) is 9.47. The van der Waals surface area contributed by atoms with E-state index in [2.05, 4.69) is 17.1 Å². The Morgan fingerprint density at radius 2 is 2.05 bits per heavy atom. The minimum atomic E-state index is -0.526. The third kappa shape index (κ3) is 2.74. The lowest BCUT2D eigenvalue weighted by atomic mass is 9.76. The van der Waals surface area contributed by atoms with Gasteiger partial charge in [0.2, 0.25) is 0 Å². The predicted octanol–water partition coefficient (Wildman–Crippen LogP) is 3.10. The molecule has 114 valence electrons. The summed E-state index contributed by atoms with van der Waals surface area (Å²) in [4.78, 5) is 4.54. The van der Waals surface area contributed by atoms with Crippen molar-refractivity contribution in [1.82, 2.24) is 10.1 Å². The Balaban J connectivity index is 2.16. The lowest BCUT2D eigenvalue weighted by Gasteiger charge is -2.34. The molecule has 0 amide bonds. The Labute approximate surface area is 121 Å². The molecule has 1 aromatic rings.